The first-order valence-corrected chi connectivity index (χ1v) is 11.2. The van der Waals surface area contributed by atoms with E-state index >= 15 is 0 Å². The molecule has 6 nitrogen and oxygen atoms in total. The van der Waals surface area contributed by atoms with Crippen LogP contribution in [0.3, 0.4) is 0 Å². The monoisotopic (exact) mass is 451 g/mol. The Kier molecular flexibility index (Phi) is 7.25. The number of hydrogen-bond donors (Lipinski definition) is 2. The number of alkyl halides is 2. The number of rotatable bonds is 7. The molecule has 2 aromatic rings. The van der Waals surface area contributed by atoms with Crippen LogP contribution in [0.5, 0.6) is 5.75 Å². The number of methoxy groups -OCH3 is 1. The van der Waals surface area contributed by atoms with Crippen molar-refractivity contribution < 1.29 is 23.1 Å². The molecule has 31 heavy (non-hydrogen) atoms. The van der Waals surface area contributed by atoms with Crippen LogP contribution in [0.2, 0.25) is 0 Å². The fourth-order valence-electron chi connectivity index (χ4n) is 3.46. The number of amides is 2. The highest BCUT2D eigenvalue weighted by atomic mass is 32.1. The molecule has 1 aromatic heterocycles. The minimum absolute atomic E-state index is 0.0461. The molecule has 1 aromatic carbocycles. The lowest BCUT2D eigenvalue weighted by molar-refractivity contribution is -0.0399. The van der Waals surface area contributed by atoms with Gasteiger partial charge in [0.25, 0.3) is 11.8 Å². The van der Waals surface area contributed by atoms with Crippen LogP contribution >= 0.6 is 11.3 Å². The van der Waals surface area contributed by atoms with Gasteiger partial charge < -0.3 is 15.4 Å². The van der Waals surface area contributed by atoms with Crippen molar-refractivity contribution in [2.75, 3.05) is 7.11 Å². The second-order valence-corrected chi connectivity index (χ2v) is 8.99. The Morgan fingerprint density at radius 1 is 1.16 bits per heavy atom. The number of hydrogen-bond acceptors (Lipinski definition) is 5. The normalized spacial score (nSPS) is 17.2. The summed E-state index contributed by atoms with van der Waals surface area (Å²) >= 11 is 1.29. The van der Waals surface area contributed by atoms with E-state index < -0.39 is 5.92 Å². The standard InChI is InChI=1S/C22H27F2N3O3S/c1-13(2)18(27-19(28)14-4-6-16(30-3)7-5-14)21-26-17(12-31-21)20(29)25-15-8-10-22(23,24)11-9-15/h4-7,12-13,15,18H,8-11H2,1-3H3,(H,25,29)(H,27,28). The SMILES string of the molecule is COc1ccc(C(=O)NC(c2nc(C(=O)NC3CCC(F)(F)CC3)cs2)C(C)C)cc1. The molecule has 1 unspecified atom stereocenters. The van der Waals surface area contributed by atoms with Crippen molar-refractivity contribution in [1.29, 1.82) is 0 Å². The van der Waals surface area contributed by atoms with Gasteiger partial charge in [0.2, 0.25) is 5.92 Å². The Labute approximate surface area is 184 Å². The number of aromatic nitrogens is 1. The lowest BCUT2D eigenvalue weighted by Crippen LogP contribution is -2.40. The number of nitrogens with zero attached hydrogens (tertiary/aromatic N) is 1. The van der Waals surface area contributed by atoms with Crippen molar-refractivity contribution in [3.05, 3.63) is 45.9 Å². The van der Waals surface area contributed by atoms with Crippen LogP contribution in [0.4, 0.5) is 8.78 Å². The molecule has 0 bridgehead atoms. The average molecular weight is 452 g/mol. The lowest BCUT2D eigenvalue weighted by Gasteiger charge is -2.28. The van der Waals surface area contributed by atoms with E-state index in [1.165, 1.54) is 11.3 Å². The maximum absolute atomic E-state index is 13.3. The second-order valence-electron chi connectivity index (χ2n) is 8.10. The summed E-state index contributed by atoms with van der Waals surface area (Å²) in [7, 11) is 1.56. The third kappa shape index (κ3) is 6.00. The number of thiazole rings is 1. The van der Waals surface area contributed by atoms with Gasteiger partial charge in [-0.1, -0.05) is 13.8 Å². The third-order valence-corrected chi connectivity index (χ3v) is 6.31. The van der Waals surface area contributed by atoms with E-state index in [4.69, 9.17) is 4.74 Å². The van der Waals surface area contributed by atoms with E-state index in [0.29, 0.717) is 16.3 Å². The molecule has 9 heteroatoms. The molecule has 1 atom stereocenters. The van der Waals surface area contributed by atoms with Gasteiger partial charge in [0.05, 0.1) is 13.2 Å². The fourth-order valence-corrected chi connectivity index (χ4v) is 4.48. The summed E-state index contributed by atoms with van der Waals surface area (Å²) in [5.74, 6) is -2.55. The summed E-state index contributed by atoms with van der Waals surface area (Å²) in [5, 5.41) is 8.05. The summed E-state index contributed by atoms with van der Waals surface area (Å²) in [6, 6.07) is 6.15. The molecule has 3 rings (SSSR count). The molecule has 168 valence electrons. The van der Waals surface area contributed by atoms with Crippen molar-refractivity contribution in [3.8, 4) is 5.75 Å². The smallest absolute Gasteiger partial charge is 0.270 e. The maximum Gasteiger partial charge on any atom is 0.270 e. The molecular formula is C22H27F2N3O3S. The first-order chi connectivity index (χ1) is 14.7. The summed E-state index contributed by atoms with van der Waals surface area (Å²) in [6.07, 6.45) is 0.0741. The van der Waals surface area contributed by atoms with Crippen molar-refractivity contribution in [2.24, 2.45) is 5.92 Å². The van der Waals surface area contributed by atoms with Gasteiger partial charge in [0, 0.05) is 29.8 Å². The molecule has 0 saturated heterocycles. The molecule has 2 amide bonds. The Bertz CT molecular complexity index is 905. The van der Waals surface area contributed by atoms with Gasteiger partial charge in [-0.25, -0.2) is 13.8 Å². The van der Waals surface area contributed by atoms with Gasteiger partial charge in [0.1, 0.15) is 16.5 Å². The highest BCUT2D eigenvalue weighted by Gasteiger charge is 2.35. The van der Waals surface area contributed by atoms with E-state index in [0.717, 1.165) is 0 Å². The number of carbonyl (C=O) groups is 2. The number of halogens is 2. The molecule has 0 spiro atoms. The van der Waals surface area contributed by atoms with Crippen LogP contribution in [0, 0.1) is 5.92 Å². The van der Waals surface area contributed by atoms with Crippen LogP contribution in [-0.2, 0) is 0 Å². The van der Waals surface area contributed by atoms with Gasteiger partial charge in [-0.2, -0.15) is 0 Å². The minimum atomic E-state index is -2.64. The average Bonchev–Trinajstić information content (AvgIpc) is 3.23. The molecule has 1 aliphatic carbocycles. The van der Waals surface area contributed by atoms with Gasteiger partial charge in [-0.3, -0.25) is 9.59 Å². The molecule has 1 fully saturated rings. The zero-order valence-corrected chi connectivity index (χ0v) is 18.6. The quantitative estimate of drug-likeness (QED) is 0.645. The summed E-state index contributed by atoms with van der Waals surface area (Å²) in [5.41, 5.74) is 0.733. The van der Waals surface area contributed by atoms with E-state index in [2.05, 4.69) is 15.6 Å². The van der Waals surface area contributed by atoms with E-state index in [-0.39, 0.29) is 61.2 Å². The topological polar surface area (TPSA) is 80.3 Å². The minimum Gasteiger partial charge on any atom is -0.497 e. The number of nitrogens with one attached hydrogen (secondary N) is 2. The number of benzene rings is 1. The second kappa shape index (κ2) is 9.72. The lowest BCUT2D eigenvalue weighted by atomic mass is 9.92. The number of carbonyl (C=O) groups excluding carboxylic acids is 2. The van der Waals surface area contributed by atoms with Crippen LogP contribution < -0.4 is 15.4 Å². The van der Waals surface area contributed by atoms with Crippen molar-refractivity contribution in [1.82, 2.24) is 15.6 Å². The predicted octanol–water partition coefficient (Wildman–Crippen LogP) is 4.59. The van der Waals surface area contributed by atoms with Crippen molar-refractivity contribution >= 4 is 23.2 Å². The molecule has 0 radical (unpaired) electrons. The van der Waals surface area contributed by atoms with Gasteiger partial charge in [0.15, 0.2) is 0 Å². The molecule has 1 saturated carbocycles. The van der Waals surface area contributed by atoms with Crippen LogP contribution in [0.1, 0.15) is 71.4 Å². The van der Waals surface area contributed by atoms with Crippen molar-refractivity contribution in [3.63, 3.8) is 0 Å². The fraction of sp³-hybridized carbons (Fsp3) is 0.500. The first kappa shape index (κ1) is 23.1. The van der Waals surface area contributed by atoms with E-state index in [9.17, 15) is 18.4 Å². The Hall–Kier alpha value is -2.55. The molecule has 2 N–H and O–H groups in total. The van der Waals surface area contributed by atoms with E-state index in [1.54, 1.807) is 36.8 Å². The highest BCUT2D eigenvalue weighted by Crippen LogP contribution is 2.33. The maximum atomic E-state index is 13.3. The van der Waals surface area contributed by atoms with E-state index in [1.807, 2.05) is 13.8 Å². The summed E-state index contributed by atoms with van der Waals surface area (Å²) in [6.45, 7) is 3.92. The first-order valence-electron chi connectivity index (χ1n) is 10.3. The summed E-state index contributed by atoms with van der Waals surface area (Å²) < 4.78 is 31.7. The Morgan fingerprint density at radius 3 is 2.39 bits per heavy atom. The highest BCUT2D eigenvalue weighted by molar-refractivity contribution is 7.09. The molecule has 0 aliphatic heterocycles. The molecular weight excluding hydrogens is 424 g/mol. The predicted molar refractivity (Wildman–Crippen MR) is 115 cm³/mol. The third-order valence-electron chi connectivity index (χ3n) is 5.38. The van der Waals surface area contributed by atoms with Crippen LogP contribution in [0.15, 0.2) is 29.6 Å². The zero-order chi connectivity index (χ0) is 22.6. The molecule has 1 heterocycles. The van der Waals surface area contributed by atoms with Gasteiger partial charge >= 0.3 is 0 Å². The Morgan fingerprint density at radius 2 is 1.81 bits per heavy atom. The van der Waals surface area contributed by atoms with Gasteiger partial charge in [-0.15, -0.1) is 11.3 Å². The van der Waals surface area contributed by atoms with Crippen molar-refractivity contribution in [2.45, 2.75) is 57.5 Å². The largest absolute Gasteiger partial charge is 0.497 e. The van der Waals surface area contributed by atoms with Crippen LogP contribution in [-0.4, -0.2) is 35.9 Å². The zero-order valence-electron chi connectivity index (χ0n) is 17.8. The number of ether oxygens (including phenoxy) is 1. The van der Waals surface area contributed by atoms with Crippen LogP contribution in [0.25, 0.3) is 0 Å². The molecule has 1 aliphatic rings. The Balaban J connectivity index is 1.64. The van der Waals surface area contributed by atoms with Gasteiger partial charge in [-0.05, 0) is 43.0 Å². The summed E-state index contributed by atoms with van der Waals surface area (Å²) in [4.78, 5) is 29.6.